The highest BCUT2D eigenvalue weighted by molar-refractivity contribution is 7.18. The van der Waals surface area contributed by atoms with E-state index in [9.17, 15) is 0 Å². The van der Waals surface area contributed by atoms with Gasteiger partial charge >= 0.3 is 0 Å². The Balaban J connectivity index is 1.89. The molecule has 3 aromatic rings. The maximum Gasteiger partial charge on any atom is 0.163 e. The number of thiazole rings is 1. The van der Waals surface area contributed by atoms with Gasteiger partial charge in [0.1, 0.15) is 6.07 Å². The number of benzene rings is 1. The first-order chi connectivity index (χ1) is 9.24. The van der Waals surface area contributed by atoms with Crippen molar-refractivity contribution >= 4 is 33.1 Å². The fraction of sp³-hybridized carbons (Fsp3) is 0.0769. The van der Waals surface area contributed by atoms with Crippen molar-refractivity contribution in [3.63, 3.8) is 0 Å². The Labute approximate surface area is 113 Å². The van der Waals surface area contributed by atoms with Gasteiger partial charge in [0, 0.05) is 5.69 Å². The van der Waals surface area contributed by atoms with Gasteiger partial charge < -0.3 is 5.32 Å². The average Bonchev–Trinajstić information content (AvgIpc) is 2.79. The summed E-state index contributed by atoms with van der Waals surface area (Å²) in [7, 11) is 0. The predicted octanol–water partition coefficient (Wildman–Crippen LogP) is 3.01. The molecule has 0 amide bonds. The molecule has 2 aromatic heterocycles. The van der Waals surface area contributed by atoms with Crippen LogP contribution < -0.4 is 5.32 Å². The molecular formula is C13H9N5S. The lowest BCUT2D eigenvalue weighted by Gasteiger charge is -2.04. The number of aromatic nitrogens is 3. The summed E-state index contributed by atoms with van der Waals surface area (Å²) < 4.78 is 1.13. The Kier molecular flexibility index (Phi) is 2.82. The monoisotopic (exact) mass is 267 g/mol. The van der Waals surface area contributed by atoms with E-state index in [1.165, 1.54) is 0 Å². The van der Waals surface area contributed by atoms with Crippen molar-refractivity contribution in [2.75, 3.05) is 5.32 Å². The fourth-order valence-electron chi connectivity index (χ4n) is 1.72. The zero-order chi connectivity index (χ0) is 13.2. The molecule has 5 nitrogen and oxygen atoms in total. The highest BCUT2D eigenvalue weighted by Crippen LogP contribution is 2.25. The van der Waals surface area contributed by atoms with E-state index >= 15 is 0 Å². The van der Waals surface area contributed by atoms with E-state index < -0.39 is 0 Å². The summed E-state index contributed by atoms with van der Waals surface area (Å²) >= 11 is 1.65. The highest BCUT2D eigenvalue weighted by atomic mass is 32.1. The maximum atomic E-state index is 8.66. The van der Waals surface area contributed by atoms with Crippen molar-refractivity contribution in [2.24, 2.45) is 0 Å². The molecule has 0 aliphatic carbocycles. The van der Waals surface area contributed by atoms with Gasteiger partial charge in [0.2, 0.25) is 0 Å². The Morgan fingerprint density at radius 1 is 1.21 bits per heavy atom. The van der Waals surface area contributed by atoms with Crippen LogP contribution in [0, 0.1) is 18.3 Å². The number of aryl methyl sites for hydroxylation is 1. The van der Waals surface area contributed by atoms with E-state index in [0.717, 1.165) is 20.9 Å². The van der Waals surface area contributed by atoms with Crippen molar-refractivity contribution in [3.8, 4) is 6.07 Å². The first-order valence-electron chi connectivity index (χ1n) is 5.62. The number of hydrogen-bond donors (Lipinski definition) is 1. The summed E-state index contributed by atoms with van der Waals surface area (Å²) in [6.07, 6.45) is 0. The van der Waals surface area contributed by atoms with Gasteiger partial charge in [0.15, 0.2) is 11.5 Å². The topological polar surface area (TPSA) is 74.5 Å². The standard InChI is InChI=1S/C13H9N5S/c1-8-15-11-4-2-9(6-12(11)19-8)16-13-5-3-10(7-14)17-18-13/h2-6H,1H3,(H,16,18). The van der Waals surface area contributed by atoms with Crippen LogP contribution in [-0.4, -0.2) is 15.2 Å². The lowest BCUT2D eigenvalue weighted by Crippen LogP contribution is -1.96. The molecule has 19 heavy (non-hydrogen) atoms. The van der Waals surface area contributed by atoms with Crippen LogP contribution in [0.25, 0.3) is 10.2 Å². The van der Waals surface area contributed by atoms with Gasteiger partial charge in [-0.05, 0) is 37.3 Å². The van der Waals surface area contributed by atoms with Gasteiger partial charge in [-0.2, -0.15) is 5.26 Å². The molecule has 0 aliphatic rings. The summed E-state index contributed by atoms with van der Waals surface area (Å²) in [6.45, 7) is 1.99. The van der Waals surface area contributed by atoms with Gasteiger partial charge in [-0.25, -0.2) is 4.98 Å². The molecule has 0 saturated carbocycles. The lowest BCUT2D eigenvalue weighted by atomic mass is 10.3. The molecule has 0 atom stereocenters. The van der Waals surface area contributed by atoms with Crippen LogP contribution in [0.3, 0.4) is 0 Å². The second kappa shape index (κ2) is 4.63. The Hall–Kier alpha value is -2.52. The molecule has 0 unspecified atom stereocenters. The molecule has 6 heteroatoms. The van der Waals surface area contributed by atoms with E-state index in [0.29, 0.717) is 11.5 Å². The van der Waals surface area contributed by atoms with Gasteiger partial charge in [0.05, 0.1) is 15.2 Å². The van der Waals surface area contributed by atoms with Crippen LogP contribution in [-0.2, 0) is 0 Å². The highest BCUT2D eigenvalue weighted by Gasteiger charge is 2.03. The normalized spacial score (nSPS) is 10.3. The quantitative estimate of drug-likeness (QED) is 0.772. The predicted molar refractivity (Wildman–Crippen MR) is 74.4 cm³/mol. The van der Waals surface area contributed by atoms with Crippen molar-refractivity contribution < 1.29 is 0 Å². The molecule has 0 aliphatic heterocycles. The summed E-state index contributed by atoms with van der Waals surface area (Å²) in [4.78, 5) is 4.41. The molecule has 0 bridgehead atoms. The zero-order valence-corrected chi connectivity index (χ0v) is 10.9. The molecule has 2 heterocycles. The average molecular weight is 267 g/mol. The van der Waals surface area contributed by atoms with Crippen LogP contribution in [0.1, 0.15) is 10.7 Å². The van der Waals surface area contributed by atoms with Gasteiger partial charge in [-0.15, -0.1) is 21.5 Å². The molecule has 92 valence electrons. The summed E-state index contributed by atoms with van der Waals surface area (Å²) in [6, 6.07) is 11.2. The van der Waals surface area contributed by atoms with E-state index in [-0.39, 0.29) is 0 Å². The number of nitrogens with one attached hydrogen (secondary N) is 1. The van der Waals surface area contributed by atoms with Crippen LogP contribution in [0.15, 0.2) is 30.3 Å². The maximum absolute atomic E-state index is 8.66. The van der Waals surface area contributed by atoms with Gasteiger partial charge in [-0.1, -0.05) is 0 Å². The molecular weight excluding hydrogens is 258 g/mol. The first kappa shape index (κ1) is 11.6. The molecule has 0 radical (unpaired) electrons. The smallest absolute Gasteiger partial charge is 0.163 e. The third-order valence-electron chi connectivity index (χ3n) is 2.55. The van der Waals surface area contributed by atoms with Crippen LogP contribution in [0.5, 0.6) is 0 Å². The summed E-state index contributed by atoms with van der Waals surface area (Å²) in [5.74, 6) is 0.611. The van der Waals surface area contributed by atoms with Crippen LogP contribution in [0.2, 0.25) is 0 Å². The van der Waals surface area contributed by atoms with E-state index in [1.807, 2.05) is 31.2 Å². The number of rotatable bonds is 2. The molecule has 0 fully saturated rings. The van der Waals surface area contributed by atoms with Crippen molar-refractivity contribution in [2.45, 2.75) is 6.92 Å². The van der Waals surface area contributed by atoms with E-state index in [4.69, 9.17) is 5.26 Å². The molecule has 3 rings (SSSR count). The van der Waals surface area contributed by atoms with Gasteiger partial charge in [-0.3, -0.25) is 0 Å². The minimum absolute atomic E-state index is 0.305. The van der Waals surface area contributed by atoms with Gasteiger partial charge in [0.25, 0.3) is 0 Å². The van der Waals surface area contributed by atoms with Crippen LogP contribution >= 0.6 is 11.3 Å². The minimum Gasteiger partial charge on any atom is -0.339 e. The largest absolute Gasteiger partial charge is 0.339 e. The number of fused-ring (bicyclic) bond motifs is 1. The molecule has 0 saturated heterocycles. The summed E-state index contributed by atoms with van der Waals surface area (Å²) in [5.41, 5.74) is 2.23. The van der Waals surface area contributed by atoms with Crippen LogP contribution in [0.4, 0.5) is 11.5 Å². The third-order valence-corrected chi connectivity index (χ3v) is 3.48. The second-order valence-corrected chi connectivity index (χ2v) is 5.19. The molecule has 0 spiro atoms. The number of nitriles is 1. The van der Waals surface area contributed by atoms with Crippen molar-refractivity contribution in [3.05, 3.63) is 41.0 Å². The molecule has 1 N–H and O–H groups in total. The third kappa shape index (κ3) is 2.37. The lowest BCUT2D eigenvalue weighted by molar-refractivity contribution is 1.01. The Morgan fingerprint density at radius 2 is 2.11 bits per heavy atom. The number of anilines is 2. The summed E-state index contributed by atoms with van der Waals surface area (Å²) in [5, 5.41) is 20.6. The first-order valence-corrected chi connectivity index (χ1v) is 6.44. The zero-order valence-electron chi connectivity index (χ0n) is 10.1. The number of nitrogens with zero attached hydrogens (tertiary/aromatic N) is 4. The van der Waals surface area contributed by atoms with Crippen molar-refractivity contribution in [1.29, 1.82) is 5.26 Å². The van der Waals surface area contributed by atoms with Crippen molar-refractivity contribution in [1.82, 2.24) is 15.2 Å². The minimum atomic E-state index is 0.305. The van der Waals surface area contributed by atoms with E-state index in [1.54, 1.807) is 23.5 Å². The Morgan fingerprint density at radius 3 is 2.84 bits per heavy atom. The Bertz CT molecular complexity index is 770. The van der Waals surface area contributed by atoms with E-state index in [2.05, 4.69) is 20.5 Å². The molecule has 1 aromatic carbocycles. The fourth-order valence-corrected chi connectivity index (χ4v) is 2.59. The number of hydrogen-bond acceptors (Lipinski definition) is 6. The SMILES string of the molecule is Cc1nc2ccc(Nc3ccc(C#N)nn3)cc2s1. The second-order valence-electron chi connectivity index (χ2n) is 3.96.